The van der Waals surface area contributed by atoms with Gasteiger partial charge in [-0.3, -0.25) is 4.57 Å². The molecular formula is C116H63N9O3S. The highest BCUT2D eigenvalue weighted by Gasteiger charge is 2.32. The lowest BCUT2D eigenvalue weighted by Crippen LogP contribution is -2.08. The van der Waals surface area contributed by atoms with E-state index in [1.165, 1.54) is 15.5 Å². The van der Waals surface area contributed by atoms with Crippen LogP contribution in [0.5, 0.6) is 0 Å². The Morgan fingerprint density at radius 2 is 0.643 bits per heavy atom. The summed E-state index contributed by atoms with van der Waals surface area (Å²) in [5, 5.41) is 25.3. The molecule has 0 fully saturated rings. The van der Waals surface area contributed by atoms with Crippen LogP contribution in [0, 0.1) is 0 Å². The summed E-state index contributed by atoms with van der Waals surface area (Å²) in [5.41, 5.74) is 18.3. The Hall–Kier alpha value is -17.3. The lowest BCUT2D eigenvalue weighted by Gasteiger charge is -2.20. The van der Waals surface area contributed by atoms with E-state index >= 15 is 0 Å². The third-order valence-electron chi connectivity index (χ3n) is 26.8. The number of rotatable bonds is 9. The number of aromatic nitrogens is 9. The van der Waals surface area contributed by atoms with E-state index in [1.807, 2.05) is 12.1 Å². The van der Waals surface area contributed by atoms with Gasteiger partial charge in [0.05, 0.1) is 60.8 Å². The average Bonchev–Trinajstić information content (AvgIpc) is 1.55. The Kier molecular flexibility index (Phi) is 14.5. The second-order valence-corrected chi connectivity index (χ2v) is 34.9. The van der Waals surface area contributed by atoms with E-state index in [2.05, 4.69) is 384 Å². The molecule has 20 aromatic carbocycles. The zero-order chi connectivity index (χ0) is 84.0. The molecule has 0 radical (unpaired) electrons. The maximum atomic E-state index is 7.64. The van der Waals surface area contributed by atoms with E-state index in [4.69, 9.17) is 43.2 Å². The van der Waals surface area contributed by atoms with E-state index in [1.54, 1.807) is 11.3 Å². The molecule has 13 heteroatoms. The van der Waals surface area contributed by atoms with Gasteiger partial charge >= 0.3 is 0 Å². The smallest absolute Gasteiger partial charge is 0.238 e. The van der Waals surface area contributed by atoms with Gasteiger partial charge in [0.2, 0.25) is 5.95 Å². The summed E-state index contributed by atoms with van der Waals surface area (Å²) in [7, 11) is 0. The second-order valence-electron chi connectivity index (χ2n) is 33.8. The number of benzene rings is 20. The highest BCUT2D eigenvalue weighted by atomic mass is 32.1. The van der Waals surface area contributed by atoms with E-state index in [0.717, 1.165) is 240 Å². The Balaban J connectivity index is 0.694. The maximum Gasteiger partial charge on any atom is 0.238 e. The second kappa shape index (κ2) is 26.6. The van der Waals surface area contributed by atoms with Crippen LogP contribution in [0.25, 0.3) is 291 Å². The van der Waals surface area contributed by atoms with Gasteiger partial charge in [-0.25, -0.2) is 19.9 Å². The van der Waals surface area contributed by atoms with Crippen molar-refractivity contribution >= 4 is 217 Å². The summed E-state index contributed by atoms with van der Waals surface area (Å²) in [4.78, 5) is 34.7. The normalized spacial score (nSPS) is 12.3. The number of thiophene rings is 1. The van der Waals surface area contributed by atoms with Crippen molar-refractivity contribution in [1.82, 2.24) is 43.6 Å². The van der Waals surface area contributed by atoms with E-state index in [-0.39, 0.29) is 0 Å². The van der Waals surface area contributed by atoms with E-state index < -0.39 is 0 Å². The molecule has 0 aliphatic carbocycles. The summed E-state index contributed by atoms with van der Waals surface area (Å²) >= 11 is 1.77. The number of hydrogen-bond acceptors (Lipinski definition) is 10. The zero-order valence-electron chi connectivity index (χ0n) is 68.5. The molecule has 12 nitrogen and oxygen atoms in total. The molecule has 29 rings (SSSR count). The Labute approximate surface area is 735 Å². The summed E-state index contributed by atoms with van der Waals surface area (Å²) in [6.45, 7) is 0. The molecule has 0 aliphatic rings. The van der Waals surface area contributed by atoms with Gasteiger partial charge in [0.15, 0.2) is 29.1 Å². The summed E-state index contributed by atoms with van der Waals surface area (Å²) < 4.78 is 30.9. The number of para-hydroxylation sites is 6. The molecular weight excluding hydrogens is 1600 g/mol. The van der Waals surface area contributed by atoms with Crippen molar-refractivity contribution in [3.8, 4) is 85.4 Å². The van der Waals surface area contributed by atoms with E-state index in [9.17, 15) is 0 Å². The van der Waals surface area contributed by atoms with E-state index in [0.29, 0.717) is 35.1 Å². The molecule has 0 saturated heterocycles. The SMILES string of the molecule is c1ccc2cc3c(cc2c1)oc1ccc(-c2nc(-c4ccc5c(-c6cccc7c(-c8nc(-c9ccc%10c(c9)oc9ccccc9%10)nc(-c9ccc%10c(c9)sc9ccccc9%10)n8)c(-n8c9ccccc9c9cc%10ccccc%10cc98)c8c9ccccc9oc8c67)cccc5c4)nc(-n4c5ccccc5c5ccccc54)n2)c(-n2c4ccccc4c4cc5ccccc5cc42)c13. The van der Waals surface area contributed by atoms with Crippen LogP contribution in [0.2, 0.25) is 0 Å². The highest BCUT2D eigenvalue weighted by molar-refractivity contribution is 7.25. The zero-order valence-corrected chi connectivity index (χ0v) is 69.3. The summed E-state index contributed by atoms with van der Waals surface area (Å²) in [6, 6.07) is 137. The molecule has 129 heavy (non-hydrogen) atoms. The van der Waals surface area contributed by atoms with Crippen molar-refractivity contribution < 1.29 is 13.3 Å². The molecule has 0 saturated carbocycles. The first-order chi connectivity index (χ1) is 63.9. The van der Waals surface area contributed by atoms with Gasteiger partial charge in [-0.15, -0.1) is 11.3 Å². The standard InChI is InChI=1S/C116H63N9O3S/c1-4-26-67-59-95-88(56-64(67)23-1)78-32-9-14-40-91(78)123(95)108-87(53-54-99-105(108)90-58-66-25-3-6-28-69(66)61-101(90)127-99)114-118-113(121-116(122-114)125-93-42-16-7-30-76(93)77-31-8-17-43-94(77)125)71-47-50-74-70(55-71)29-21-37-75(74)84-38-22-39-86-104(84)110-106(85-36-12-19-45-98(85)128-110)109(124-92-41-15-10-33-79(92)89-57-65-24-2-5-27-68(65)60-96(89)124)107(86)115-119-111(72-48-51-81-80-34-11-18-44-97(80)126-100(81)62-72)117-112(120-115)73-49-52-83-82-35-13-20-46-102(82)129-103(83)63-73/h1-63H. The fourth-order valence-corrected chi connectivity index (χ4v) is 22.3. The molecule has 0 aliphatic heterocycles. The molecule has 0 amide bonds. The monoisotopic (exact) mass is 1660 g/mol. The van der Waals surface area contributed by atoms with Crippen LogP contribution in [-0.4, -0.2) is 43.6 Å². The molecule has 0 atom stereocenters. The minimum atomic E-state index is 0.473. The first-order valence-electron chi connectivity index (χ1n) is 43.4. The van der Waals surface area contributed by atoms with Crippen LogP contribution in [-0.2, 0) is 0 Å². The molecule has 0 unspecified atom stereocenters. The maximum absolute atomic E-state index is 7.64. The third kappa shape index (κ3) is 10.3. The topological polar surface area (TPSA) is 132 Å². The molecule has 9 heterocycles. The molecule has 9 aromatic heterocycles. The van der Waals surface area contributed by atoms with Gasteiger partial charge < -0.3 is 22.4 Å². The van der Waals surface area contributed by atoms with Gasteiger partial charge in [-0.05, 0) is 175 Å². The van der Waals surface area contributed by atoms with Crippen molar-refractivity contribution in [2.75, 3.05) is 0 Å². The van der Waals surface area contributed by atoms with Gasteiger partial charge in [0.1, 0.15) is 33.5 Å². The van der Waals surface area contributed by atoms with Gasteiger partial charge in [-0.2, -0.15) is 9.97 Å². The minimum absolute atomic E-state index is 0.473. The van der Waals surface area contributed by atoms with Gasteiger partial charge in [-0.1, -0.05) is 267 Å². The van der Waals surface area contributed by atoms with Crippen molar-refractivity contribution in [2.24, 2.45) is 0 Å². The first-order valence-corrected chi connectivity index (χ1v) is 44.2. The quantitative estimate of drug-likeness (QED) is 0.139. The lowest BCUT2D eigenvalue weighted by molar-refractivity contribution is 0.669. The fourth-order valence-electron chi connectivity index (χ4n) is 21.1. The Morgan fingerprint density at radius 3 is 1.32 bits per heavy atom. The van der Waals surface area contributed by atoms with Crippen LogP contribution in [0.1, 0.15) is 0 Å². The van der Waals surface area contributed by atoms with Crippen molar-refractivity contribution in [3.63, 3.8) is 0 Å². The molecule has 29 aromatic rings. The Bertz CT molecular complexity index is 9850. The molecule has 0 N–H and O–H groups in total. The predicted molar refractivity (Wildman–Crippen MR) is 531 cm³/mol. The fraction of sp³-hybridized carbons (Fsp3) is 0. The third-order valence-corrected chi connectivity index (χ3v) is 28.0. The number of furan rings is 3. The molecule has 0 spiro atoms. The van der Waals surface area contributed by atoms with Crippen LogP contribution in [0.15, 0.2) is 395 Å². The predicted octanol–water partition coefficient (Wildman–Crippen LogP) is 31.2. The number of fused-ring (bicyclic) bond motifs is 27. The summed E-state index contributed by atoms with van der Waals surface area (Å²) in [5.74, 6) is 2.95. The van der Waals surface area contributed by atoms with Gasteiger partial charge in [0, 0.05) is 102 Å². The van der Waals surface area contributed by atoms with Gasteiger partial charge in [0.25, 0.3) is 0 Å². The number of nitrogens with zero attached hydrogens (tertiary/aromatic N) is 9. The lowest BCUT2D eigenvalue weighted by atomic mass is 9.89. The summed E-state index contributed by atoms with van der Waals surface area (Å²) in [6.07, 6.45) is 0. The molecule has 0 bridgehead atoms. The first kappa shape index (κ1) is 70.2. The molecule has 596 valence electrons. The van der Waals surface area contributed by atoms with Crippen molar-refractivity contribution in [2.45, 2.75) is 0 Å². The minimum Gasteiger partial charge on any atom is -0.456 e. The van der Waals surface area contributed by atoms with Crippen LogP contribution in [0.4, 0.5) is 0 Å². The largest absolute Gasteiger partial charge is 0.456 e. The number of hydrogen-bond donors (Lipinski definition) is 0. The Morgan fingerprint density at radius 1 is 0.202 bits per heavy atom. The van der Waals surface area contributed by atoms with Crippen LogP contribution < -0.4 is 0 Å². The van der Waals surface area contributed by atoms with Crippen molar-refractivity contribution in [3.05, 3.63) is 382 Å². The van der Waals surface area contributed by atoms with Crippen LogP contribution in [0.3, 0.4) is 0 Å². The highest BCUT2D eigenvalue weighted by Crippen LogP contribution is 2.53. The van der Waals surface area contributed by atoms with Crippen LogP contribution >= 0.6 is 11.3 Å². The average molecular weight is 1660 g/mol. The van der Waals surface area contributed by atoms with Crippen molar-refractivity contribution in [1.29, 1.82) is 0 Å².